The predicted octanol–water partition coefficient (Wildman–Crippen LogP) is 3.38. The largest absolute Gasteiger partial charge is 0.436 e. The first-order chi connectivity index (χ1) is 12.2. The predicted molar refractivity (Wildman–Crippen MR) is 91.4 cm³/mol. The molecule has 1 saturated carbocycles. The lowest BCUT2D eigenvalue weighted by molar-refractivity contribution is -0.142. The van der Waals surface area contributed by atoms with Gasteiger partial charge in [-0.1, -0.05) is 0 Å². The van der Waals surface area contributed by atoms with Gasteiger partial charge in [0, 0.05) is 30.3 Å². The summed E-state index contributed by atoms with van der Waals surface area (Å²) < 4.78 is 42.2. The first kappa shape index (κ1) is 18.9. The third kappa shape index (κ3) is 3.79. The lowest BCUT2D eigenvalue weighted by Crippen LogP contribution is -2.28. The third-order valence-electron chi connectivity index (χ3n) is 4.44. The van der Waals surface area contributed by atoms with Crippen LogP contribution < -0.4 is 5.32 Å². The van der Waals surface area contributed by atoms with Crippen LogP contribution >= 0.6 is 15.9 Å². The van der Waals surface area contributed by atoms with Crippen LogP contribution in [-0.2, 0) is 30.6 Å². The summed E-state index contributed by atoms with van der Waals surface area (Å²) >= 11 is 3.02. The van der Waals surface area contributed by atoms with Crippen LogP contribution in [0.25, 0.3) is 0 Å². The zero-order chi connectivity index (χ0) is 19.1. The molecule has 1 N–H and O–H groups in total. The first-order valence-electron chi connectivity index (χ1n) is 8.33. The van der Waals surface area contributed by atoms with Crippen LogP contribution in [-0.4, -0.2) is 25.5 Å². The van der Waals surface area contributed by atoms with E-state index >= 15 is 0 Å². The number of rotatable bonds is 6. The second kappa shape index (κ2) is 7.05. The van der Waals surface area contributed by atoms with E-state index in [0.717, 1.165) is 30.6 Å². The number of nitrogens with zero attached hydrogens (tertiary/aromatic N) is 4. The number of nitrogens with one attached hydrogen (secondary N) is 1. The molecule has 0 atom stereocenters. The van der Waals surface area contributed by atoms with Crippen molar-refractivity contribution in [2.24, 2.45) is 0 Å². The van der Waals surface area contributed by atoms with Crippen molar-refractivity contribution in [3.63, 3.8) is 0 Å². The molecule has 0 aliphatic heterocycles. The Morgan fingerprint density at radius 2 is 2.08 bits per heavy atom. The summed E-state index contributed by atoms with van der Waals surface area (Å²) in [5.41, 5.74) is 1.29. The molecule has 1 aliphatic carbocycles. The number of halogens is 4. The summed E-state index contributed by atoms with van der Waals surface area (Å²) in [7, 11) is 0. The van der Waals surface area contributed by atoms with Crippen LogP contribution in [0.3, 0.4) is 0 Å². The molecule has 0 unspecified atom stereocenters. The molecule has 2 aromatic heterocycles. The molecular formula is C16H19BrF3N5O. The lowest BCUT2D eigenvalue weighted by atomic mass is 10.2. The molecule has 26 heavy (non-hydrogen) atoms. The number of aryl methyl sites for hydroxylation is 1. The number of alkyl halides is 3. The van der Waals surface area contributed by atoms with Crippen molar-refractivity contribution in [2.75, 3.05) is 0 Å². The maximum absolute atomic E-state index is 13.1. The number of carbonyl (C=O) groups excluding carboxylic acids is 1. The normalized spacial score (nSPS) is 14.7. The monoisotopic (exact) mass is 433 g/mol. The molecule has 0 bridgehead atoms. The van der Waals surface area contributed by atoms with Gasteiger partial charge >= 0.3 is 6.18 Å². The standard InChI is InChI=1S/C16H19BrF3N5O/c1-3-24-9(2)11(7-22-24)6-21-12(26)8-25-14(10-4-5-10)13(17)15(23-25)16(18,19)20/h7,10H,3-6,8H2,1-2H3,(H,21,26). The van der Waals surface area contributed by atoms with Crippen LogP contribution in [0.1, 0.15) is 48.3 Å². The van der Waals surface area contributed by atoms with Crippen molar-refractivity contribution in [1.29, 1.82) is 0 Å². The van der Waals surface area contributed by atoms with Gasteiger partial charge in [-0.05, 0) is 42.6 Å². The van der Waals surface area contributed by atoms with Gasteiger partial charge in [-0.2, -0.15) is 23.4 Å². The van der Waals surface area contributed by atoms with Gasteiger partial charge in [-0.25, -0.2) is 0 Å². The highest BCUT2D eigenvalue weighted by Crippen LogP contribution is 2.46. The Balaban J connectivity index is 1.72. The minimum absolute atomic E-state index is 0.0193. The fraction of sp³-hybridized carbons (Fsp3) is 0.562. The highest BCUT2D eigenvalue weighted by molar-refractivity contribution is 9.10. The Morgan fingerprint density at radius 1 is 1.38 bits per heavy atom. The second-order valence-electron chi connectivity index (χ2n) is 6.33. The quantitative estimate of drug-likeness (QED) is 0.759. The molecule has 1 fully saturated rings. The van der Waals surface area contributed by atoms with E-state index < -0.39 is 11.9 Å². The molecule has 3 rings (SSSR count). The number of hydrogen-bond donors (Lipinski definition) is 1. The minimum Gasteiger partial charge on any atom is -0.350 e. The van der Waals surface area contributed by atoms with Crippen molar-refractivity contribution in [1.82, 2.24) is 24.9 Å². The Bertz CT molecular complexity index is 823. The highest BCUT2D eigenvalue weighted by Gasteiger charge is 2.41. The molecule has 2 heterocycles. The van der Waals surface area contributed by atoms with Gasteiger partial charge in [-0.3, -0.25) is 14.2 Å². The molecule has 1 amide bonds. The van der Waals surface area contributed by atoms with Crippen LogP contribution in [0, 0.1) is 6.92 Å². The van der Waals surface area contributed by atoms with E-state index in [9.17, 15) is 18.0 Å². The highest BCUT2D eigenvalue weighted by atomic mass is 79.9. The molecule has 2 aromatic rings. The average molecular weight is 434 g/mol. The van der Waals surface area contributed by atoms with E-state index in [1.54, 1.807) is 6.20 Å². The van der Waals surface area contributed by atoms with Gasteiger partial charge in [0.1, 0.15) is 6.54 Å². The lowest BCUT2D eigenvalue weighted by Gasteiger charge is -2.08. The van der Waals surface area contributed by atoms with Gasteiger partial charge in [0.2, 0.25) is 5.91 Å². The van der Waals surface area contributed by atoms with Crippen molar-refractivity contribution in [2.45, 2.75) is 58.4 Å². The van der Waals surface area contributed by atoms with Crippen LogP contribution in [0.4, 0.5) is 13.2 Å². The number of carbonyl (C=O) groups is 1. The van der Waals surface area contributed by atoms with Crippen LogP contribution in [0.2, 0.25) is 0 Å². The summed E-state index contributed by atoms with van der Waals surface area (Å²) in [6.07, 6.45) is -1.27. The zero-order valence-electron chi connectivity index (χ0n) is 14.4. The fourth-order valence-corrected chi connectivity index (χ4v) is 3.70. The summed E-state index contributed by atoms with van der Waals surface area (Å²) in [6.45, 7) is 4.63. The van der Waals surface area contributed by atoms with Gasteiger partial charge in [0.05, 0.1) is 16.4 Å². The molecular weight excluding hydrogens is 415 g/mol. The molecule has 6 nitrogen and oxygen atoms in total. The summed E-state index contributed by atoms with van der Waals surface area (Å²) in [5, 5.41) is 10.6. The molecule has 142 valence electrons. The molecule has 0 spiro atoms. The van der Waals surface area contributed by atoms with Crippen molar-refractivity contribution in [3.8, 4) is 0 Å². The van der Waals surface area contributed by atoms with E-state index in [1.165, 1.54) is 4.68 Å². The Kier molecular flexibility index (Phi) is 5.14. The second-order valence-corrected chi connectivity index (χ2v) is 7.12. The molecule has 0 radical (unpaired) electrons. The van der Waals surface area contributed by atoms with Gasteiger partial charge < -0.3 is 5.32 Å². The number of amides is 1. The summed E-state index contributed by atoms with van der Waals surface area (Å²) in [6, 6.07) is 0. The summed E-state index contributed by atoms with van der Waals surface area (Å²) in [4.78, 5) is 12.2. The molecule has 0 saturated heterocycles. The smallest absolute Gasteiger partial charge is 0.350 e. The van der Waals surface area contributed by atoms with Gasteiger partial charge in [0.15, 0.2) is 5.69 Å². The zero-order valence-corrected chi connectivity index (χ0v) is 16.0. The van der Waals surface area contributed by atoms with E-state index in [4.69, 9.17) is 0 Å². The fourth-order valence-electron chi connectivity index (χ4n) is 2.86. The van der Waals surface area contributed by atoms with E-state index in [-0.39, 0.29) is 29.4 Å². The van der Waals surface area contributed by atoms with Gasteiger partial charge in [-0.15, -0.1) is 0 Å². The number of hydrogen-bond acceptors (Lipinski definition) is 3. The average Bonchev–Trinajstić information content (AvgIpc) is 3.24. The van der Waals surface area contributed by atoms with Crippen LogP contribution in [0.15, 0.2) is 10.7 Å². The van der Waals surface area contributed by atoms with Crippen molar-refractivity contribution < 1.29 is 18.0 Å². The topological polar surface area (TPSA) is 64.7 Å². The Morgan fingerprint density at radius 3 is 2.62 bits per heavy atom. The maximum atomic E-state index is 13.1. The number of aromatic nitrogens is 4. The van der Waals surface area contributed by atoms with Crippen molar-refractivity contribution in [3.05, 3.63) is 33.3 Å². The molecule has 10 heteroatoms. The first-order valence-corrected chi connectivity index (χ1v) is 9.13. The van der Waals surface area contributed by atoms with E-state index in [1.807, 2.05) is 18.5 Å². The van der Waals surface area contributed by atoms with Gasteiger partial charge in [0.25, 0.3) is 0 Å². The maximum Gasteiger partial charge on any atom is 0.436 e. The Labute approximate surface area is 156 Å². The third-order valence-corrected chi connectivity index (χ3v) is 5.22. The summed E-state index contributed by atoms with van der Waals surface area (Å²) in [5.74, 6) is -0.370. The molecule has 1 aliphatic rings. The Hall–Kier alpha value is -1.84. The van der Waals surface area contributed by atoms with E-state index in [2.05, 4.69) is 31.4 Å². The van der Waals surface area contributed by atoms with Crippen molar-refractivity contribution >= 4 is 21.8 Å². The van der Waals surface area contributed by atoms with Crippen LogP contribution in [0.5, 0.6) is 0 Å². The SMILES string of the molecule is CCn1ncc(CNC(=O)Cn2nc(C(F)(F)F)c(Br)c2C2CC2)c1C. The molecule has 0 aromatic carbocycles. The minimum atomic E-state index is -4.56. The van der Waals surface area contributed by atoms with E-state index in [0.29, 0.717) is 5.69 Å².